The number of carbonyl (C=O) groups is 1. The van der Waals surface area contributed by atoms with Crippen LogP contribution in [-0.4, -0.2) is 61.1 Å². The van der Waals surface area contributed by atoms with E-state index in [1.54, 1.807) is 7.11 Å². The van der Waals surface area contributed by atoms with Crippen molar-refractivity contribution in [3.8, 4) is 0 Å². The van der Waals surface area contributed by atoms with Gasteiger partial charge < -0.3 is 9.64 Å². The molecule has 0 spiro atoms. The first-order valence-corrected chi connectivity index (χ1v) is 8.86. The van der Waals surface area contributed by atoms with E-state index >= 15 is 0 Å². The lowest BCUT2D eigenvalue weighted by molar-refractivity contribution is -0.131. The molecule has 0 aliphatic carbocycles. The van der Waals surface area contributed by atoms with Gasteiger partial charge in [-0.1, -0.05) is 37.3 Å². The van der Waals surface area contributed by atoms with Gasteiger partial charge in [0.2, 0.25) is 5.91 Å². The Morgan fingerprint density at radius 2 is 1.83 bits per heavy atom. The molecule has 4 nitrogen and oxygen atoms in total. The van der Waals surface area contributed by atoms with Crippen molar-refractivity contribution >= 4 is 12.0 Å². The highest BCUT2D eigenvalue weighted by molar-refractivity contribution is 5.97. The topological polar surface area (TPSA) is 32.8 Å². The molecule has 2 unspecified atom stereocenters. The lowest BCUT2D eigenvalue weighted by Crippen LogP contribution is -2.58. The molecule has 1 aromatic carbocycles. The first kappa shape index (κ1) is 18.7. The number of ether oxygens (including phenoxy) is 1. The lowest BCUT2D eigenvalue weighted by atomic mass is 10.0. The molecule has 1 aliphatic rings. The molecular formula is C20H30N2O2. The Bertz CT molecular complexity index is 544. The predicted molar refractivity (Wildman–Crippen MR) is 98.8 cm³/mol. The van der Waals surface area contributed by atoms with Crippen LogP contribution in [0.5, 0.6) is 0 Å². The van der Waals surface area contributed by atoms with Gasteiger partial charge >= 0.3 is 0 Å². The highest BCUT2D eigenvalue weighted by Gasteiger charge is 2.32. The molecule has 1 saturated heterocycles. The molecule has 0 aromatic heterocycles. The maximum Gasteiger partial charge on any atom is 0.249 e. The summed E-state index contributed by atoms with van der Waals surface area (Å²) < 4.78 is 5.21. The quantitative estimate of drug-likeness (QED) is 0.752. The van der Waals surface area contributed by atoms with E-state index in [4.69, 9.17) is 4.74 Å². The van der Waals surface area contributed by atoms with Crippen molar-refractivity contribution in [1.29, 1.82) is 0 Å². The summed E-state index contributed by atoms with van der Waals surface area (Å²) in [5.74, 6) is 0.173. The molecule has 0 N–H and O–H groups in total. The molecule has 2 rings (SSSR count). The summed E-state index contributed by atoms with van der Waals surface area (Å²) in [4.78, 5) is 17.4. The summed E-state index contributed by atoms with van der Waals surface area (Å²) >= 11 is 0. The number of hydrogen-bond donors (Lipinski definition) is 0. The van der Waals surface area contributed by atoms with Crippen molar-refractivity contribution in [3.05, 3.63) is 41.5 Å². The second kappa shape index (κ2) is 9.00. The zero-order valence-corrected chi connectivity index (χ0v) is 15.4. The molecule has 132 valence electrons. The molecule has 1 aromatic rings. The van der Waals surface area contributed by atoms with Gasteiger partial charge in [-0.25, -0.2) is 0 Å². The zero-order valence-electron chi connectivity index (χ0n) is 15.4. The van der Waals surface area contributed by atoms with Crippen LogP contribution < -0.4 is 0 Å². The zero-order chi connectivity index (χ0) is 17.5. The van der Waals surface area contributed by atoms with Gasteiger partial charge in [-0.2, -0.15) is 0 Å². The van der Waals surface area contributed by atoms with Gasteiger partial charge in [0.15, 0.2) is 0 Å². The van der Waals surface area contributed by atoms with Crippen molar-refractivity contribution in [2.45, 2.75) is 39.3 Å². The third-order valence-corrected chi connectivity index (χ3v) is 4.74. The maximum atomic E-state index is 13.0. The van der Waals surface area contributed by atoms with E-state index in [2.05, 4.69) is 18.7 Å². The smallest absolute Gasteiger partial charge is 0.249 e. The van der Waals surface area contributed by atoms with Crippen LogP contribution in [0.2, 0.25) is 0 Å². The van der Waals surface area contributed by atoms with Gasteiger partial charge in [-0.3, -0.25) is 9.69 Å². The third-order valence-electron chi connectivity index (χ3n) is 4.74. The van der Waals surface area contributed by atoms with Crippen molar-refractivity contribution in [2.75, 3.05) is 33.4 Å². The van der Waals surface area contributed by atoms with E-state index in [9.17, 15) is 4.79 Å². The predicted octanol–water partition coefficient (Wildman–Crippen LogP) is 3.05. The molecule has 1 aliphatic heterocycles. The highest BCUT2D eigenvalue weighted by atomic mass is 16.5. The standard InChI is InChI=1S/C20H30N2O2/c1-5-19(13-18-9-7-6-8-10-18)20(23)21-14-16(2)22(11-12-24-4)17(3)15-21/h6-10,13,16-17H,5,11-12,14-15H2,1-4H3/b19-13+. The summed E-state index contributed by atoms with van der Waals surface area (Å²) in [7, 11) is 1.73. The average molecular weight is 330 g/mol. The number of carbonyl (C=O) groups excluding carboxylic acids is 1. The van der Waals surface area contributed by atoms with Crippen molar-refractivity contribution in [1.82, 2.24) is 9.80 Å². The van der Waals surface area contributed by atoms with E-state index in [0.29, 0.717) is 12.1 Å². The highest BCUT2D eigenvalue weighted by Crippen LogP contribution is 2.19. The molecule has 4 heteroatoms. The molecular weight excluding hydrogens is 300 g/mol. The number of methoxy groups -OCH3 is 1. The fourth-order valence-electron chi connectivity index (χ4n) is 3.43. The van der Waals surface area contributed by atoms with Crippen molar-refractivity contribution in [2.24, 2.45) is 0 Å². The summed E-state index contributed by atoms with van der Waals surface area (Å²) in [5, 5.41) is 0. The summed E-state index contributed by atoms with van der Waals surface area (Å²) in [5.41, 5.74) is 1.97. The van der Waals surface area contributed by atoms with Gasteiger partial charge in [-0.15, -0.1) is 0 Å². The van der Waals surface area contributed by atoms with Crippen LogP contribution in [0.25, 0.3) is 6.08 Å². The van der Waals surface area contributed by atoms with E-state index in [1.807, 2.05) is 48.2 Å². The summed E-state index contributed by atoms with van der Waals surface area (Å²) in [6, 6.07) is 10.8. The lowest BCUT2D eigenvalue weighted by Gasteiger charge is -2.44. The Morgan fingerprint density at radius 1 is 1.21 bits per heavy atom. The first-order valence-electron chi connectivity index (χ1n) is 8.86. The van der Waals surface area contributed by atoms with Crippen LogP contribution in [0.4, 0.5) is 0 Å². The minimum absolute atomic E-state index is 0.173. The van der Waals surface area contributed by atoms with Gasteiger partial charge in [0.05, 0.1) is 6.61 Å². The van der Waals surface area contributed by atoms with E-state index in [-0.39, 0.29) is 5.91 Å². The molecule has 1 fully saturated rings. The van der Waals surface area contributed by atoms with Gasteiger partial charge in [0, 0.05) is 44.4 Å². The van der Waals surface area contributed by atoms with Crippen LogP contribution in [0, 0.1) is 0 Å². The van der Waals surface area contributed by atoms with Crippen LogP contribution in [-0.2, 0) is 9.53 Å². The third kappa shape index (κ3) is 4.68. The number of benzene rings is 1. The number of amides is 1. The first-order chi connectivity index (χ1) is 11.6. The molecule has 24 heavy (non-hydrogen) atoms. The van der Waals surface area contributed by atoms with Gasteiger partial charge in [0.1, 0.15) is 0 Å². The second-order valence-electron chi connectivity index (χ2n) is 6.57. The normalized spacial score (nSPS) is 22.7. The SMILES string of the molecule is CC/C(=C\c1ccccc1)C(=O)N1CC(C)N(CCOC)C(C)C1. The van der Waals surface area contributed by atoms with Crippen LogP contribution >= 0.6 is 0 Å². The number of piperazine rings is 1. The molecule has 1 amide bonds. The van der Waals surface area contributed by atoms with E-state index < -0.39 is 0 Å². The Morgan fingerprint density at radius 3 is 2.38 bits per heavy atom. The number of rotatable bonds is 6. The monoisotopic (exact) mass is 330 g/mol. The van der Waals surface area contributed by atoms with Crippen LogP contribution in [0.3, 0.4) is 0 Å². The maximum absolute atomic E-state index is 13.0. The van der Waals surface area contributed by atoms with Gasteiger partial charge in [-0.05, 0) is 31.9 Å². The average Bonchev–Trinajstić information content (AvgIpc) is 2.59. The minimum Gasteiger partial charge on any atom is -0.383 e. The Kier molecular flexibility index (Phi) is 7.00. The Hall–Kier alpha value is -1.65. The molecule has 1 heterocycles. The Balaban J connectivity index is 2.08. The van der Waals surface area contributed by atoms with E-state index in [1.165, 1.54) is 0 Å². The molecule has 0 bridgehead atoms. The second-order valence-corrected chi connectivity index (χ2v) is 6.57. The van der Waals surface area contributed by atoms with Crippen LogP contribution in [0.15, 0.2) is 35.9 Å². The van der Waals surface area contributed by atoms with E-state index in [0.717, 1.165) is 43.8 Å². The van der Waals surface area contributed by atoms with Crippen molar-refractivity contribution in [3.63, 3.8) is 0 Å². The number of nitrogens with zero attached hydrogens (tertiary/aromatic N) is 2. The fourth-order valence-corrected chi connectivity index (χ4v) is 3.43. The van der Waals surface area contributed by atoms with Crippen LogP contribution in [0.1, 0.15) is 32.8 Å². The Labute approximate surface area is 146 Å². The van der Waals surface area contributed by atoms with Crippen molar-refractivity contribution < 1.29 is 9.53 Å². The summed E-state index contributed by atoms with van der Waals surface area (Å²) in [6.07, 6.45) is 2.77. The summed E-state index contributed by atoms with van der Waals surface area (Å²) in [6.45, 7) is 9.64. The minimum atomic E-state index is 0.173. The molecule has 2 atom stereocenters. The fraction of sp³-hybridized carbons (Fsp3) is 0.550. The largest absolute Gasteiger partial charge is 0.383 e. The molecule has 0 saturated carbocycles. The number of hydrogen-bond acceptors (Lipinski definition) is 3. The molecule has 0 radical (unpaired) electrons. The van der Waals surface area contributed by atoms with Gasteiger partial charge in [0.25, 0.3) is 0 Å².